The van der Waals surface area contributed by atoms with Crippen molar-refractivity contribution in [3.63, 3.8) is 0 Å². The number of H-pyrrole nitrogens is 2. The number of aromatic amines is 2. The lowest BCUT2D eigenvalue weighted by molar-refractivity contribution is -0.122. The van der Waals surface area contributed by atoms with Gasteiger partial charge in [-0.05, 0) is 50.7 Å². The van der Waals surface area contributed by atoms with E-state index in [2.05, 4.69) is 40.8 Å². The number of fused-ring (bicyclic) bond motifs is 4. The molecule has 9 heteroatoms. The molecule has 0 saturated carbocycles. The number of amides is 1. The molecule has 0 fully saturated rings. The summed E-state index contributed by atoms with van der Waals surface area (Å²) < 4.78 is 0. The Bertz CT molecular complexity index is 1220. The maximum absolute atomic E-state index is 12.3. The van der Waals surface area contributed by atoms with Gasteiger partial charge in [0.15, 0.2) is 5.65 Å². The Hall–Kier alpha value is -3.49. The number of anilines is 2. The summed E-state index contributed by atoms with van der Waals surface area (Å²) in [7, 11) is 0. The second kappa shape index (κ2) is 7.40. The first-order chi connectivity index (χ1) is 14.6. The summed E-state index contributed by atoms with van der Waals surface area (Å²) in [6.07, 6.45) is 8.34. The van der Waals surface area contributed by atoms with E-state index in [9.17, 15) is 4.79 Å². The van der Waals surface area contributed by atoms with Crippen molar-refractivity contribution in [1.29, 1.82) is 0 Å². The zero-order valence-corrected chi connectivity index (χ0v) is 17.0. The minimum Gasteiger partial charge on any atom is -0.354 e. The minimum atomic E-state index is 0.118. The summed E-state index contributed by atoms with van der Waals surface area (Å²) in [4.78, 5) is 29.0. The number of hydrogen-bond donors (Lipinski definition) is 4. The van der Waals surface area contributed by atoms with Gasteiger partial charge in [-0.2, -0.15) is 5.10 Å². The van der Waals surface area contributed by atoms with Crippen molar-refractivity contribution < 1.29 is 4.79 Å². The van der Waals surface area contributed by atoms with Crippen LogP contribution in [0.2, 0.25) is 0 Å². The number of aromatic nitrogens is 6. The summed E-state index contributed by atoms with van der Waals surface area (Å²) in [5.41, 5.74) is 4.80. The summed E-state index contributed by atoms with van der Waals surface area (Å²) in [5.74, 6) is 1.18. The fourth-order valence-electron chi connectivity index (χ4n) is 4.27. The van der Waals surface area contributed by atoms with Gasteiger partial charge in [0, 0.05) is 23.5 Å². The van der Waals surface area contributed by atoms with Crippen molar-refractivity contribution in [2.75, 3.05) is 5.32 Å². The van der Waals surface area contributed by atoms with Crippen molar-refractivity contribution >= 4 is 39.5 Å². The first kappa shape index (κ1) is 18.5. The number of aryl methyl sites for hydroxylation is 1. The third-order valence-electron chi connectivity index (χ3n) is 5.56. The second-order valence-electron chi connectivity index (χ2n) is 8.22. The van der Waals surface area contributed by atoms with Gasteiger partial charge in [-0.15, -0.1) is 0 Å². The van der Waals surface area contributed by atoms with Crippen molar-refractivity contribution in [2.45, 2.75) is 45.6 Å². The van der Waals surface area contributed by atoms with Crippen molar-refractivity contribution in [3.05, 3.63) is 36.0 Å². The molecule has 4 N–H and O–H groups in total. The molecular formula is C21H24N8O. The van der Waals surface area contributed by atoms with E-state index >= 15 is 0 Å². The molecule has 4 heterocycles. The van der Waals surface area contributed by atoms with Crippen LogP contribution < -0.4 is 10.6 Å². The molecule has 4 aromatic rings. The summed E-state index contributed by atoms with van der Waals surface area (Å²) in [6, 6.07) is 2.15. The van der Waals surface area contributed by atoms with Crippen LogP contribution in [-0.2, 0) is 17.6 Å². The van der Waals surface area contributed by atoms with Crippen LogP contribution in [0.25, 0.3) is 22.1 Å². The van der Waals surface area contributed by atoms with Crippen LogP contribution in [0, 0.1) is 5.92 Å². The van der Waals surface area contributed by atoms with E-state index in [4.69, 9.17) is 0 Å². The van der Waals surface area contributed by atoms with Gasteiger partial charge in [-0.3, -0.25) is 9.89 Å². The highest BCUT2D eigenvalue weighted by Gasteiger charge is 2.26. The maximum Gasteiger partial charge on any atom is 0.220 e. The standard InChI is InChI=1S/C21H24N8O/c1-11(2)26-17(30)6-12-3-4-16-15(5-12)18-20(23-10-24-21(18)28-16)27-14-7-13-8-25-29-19(13)22-9-14/h7-12H,3-6H2,1-2H3,(H,26,30)(H,22,25,29)(H2,23,24,27,28). The summed E-state index contributed by atoms with van der Waals surface area (Å²) >= 11 is 0. The van der Waals surface area contributed by atoms with Crippen LogP contribution in [0.5, 0.6) is 0 Å². The Morgan fingerprint density at radius 2 is 2.13 bits per heavy atom. The van der Waals surface area contributed by atoms with Gasteiger partial charge in [0.1, 0.15) is 17.8 Å². The van der Waals surface area contributed by atoms with Gasteiger partial charge in [-0.1, -0.05) is 0 Å². The van der Waals surface area contributed by atoms with Crippen molar-refractivity contribution in [2.24, 2.45) is 5.92 Å². The SMILES string of the molecule is CC(C)NC(=O)CC1CCc2[nH]c3ncnc(Nc4cnc5[nH]ncc5c4)c3c2C1. The molecule has 4 aromatic heterocycles. The molecule has 0 bridgehead atoms. The Balaban J connectivity index is 1.45. The van der Waals surface area contributed by atoms with Crippen molar-refractivity contribution in [3.8, 4) is 0 Å². The monoisotopic (exact) mass is 404 g/mol. The molecular weight excluding hydrogens is 380 g/mol. The van der Waals surface area contributed by atoms with Crippen LogP contribution >= 0.6 is 0 Å². The first-order valence-electron chi connectivity index (χ1n) is 10.3. The molecule has 0 aromatic carbocycles. The average Bonchev–Trinajstić information content (AvgIpc) is 3.31. The molecule has 0 aliphatic heterocycles. The molecule has 5 rings (SSSR count). The second-order valence-corrected chi connectivity index (χ2v) is 8.22. The molecule has 0 saturated heterocycles. The number of nitrogens with one attached hydrogen (secondary N) is 4. The first-order valence-corrected chi connectivity index (χ1v) is 10.3. The van der Waals surface area contributed by atoms with E-state index in [1.807, 2.05) is 19.9 Å². The van der Waals surface area contributed by atoms with Gasteiger partial charge >= 0.3 is 0 Å². The molecule has 1 aliphatic rings. The molecule has 1 amide bonds. The molecule has 154 valence electrons. The Morgan fingerprint density at radius 3 is 3.00 bits per heavy atom. The van der Waals surface area contributed by atoms with Crippen LogP contribution in [0.1, 0.15) is 37.9 Å². The fraction of sp³-hybridized carbons (Fsp3) is 0.381. The molecule has 30 heavy (non-hydrogen) atoms. The number of pyridine rings is 1. The van der Waals surface area contributed by atoms with Gasteiger partial charge in [-0.25, -0.2) is 15.0 Å². The predicted molar refractivity (Wildman–Crippen MR) is 114 cm³/mol. The van der Waals surface area contributed by atoms with Gasteiger partial charge in [0.05, 0.1) is 23.5 Å². The molecule has 9 nitrogen and oxygen atoms in total. The topological polar surface area (TPSA) is 124 Å². The molecule has 1 unspecified atom stereocenters. The lowest BCUT2D eigenvalue weighted by Crippen LogP contribution is -2.32. The number of carbonyl (C=O) groups is 1. The van der Waals surface area contributed by atoms with Gasteiger partial charge < -0.3 is 15.6 Å². The Labute approximate surface area is 173 Å². The fourth-order valence-corrected chi connectivity index (χ4v) is 4.27. The normalized spacial score (nSPS) is 16.2. The number of rotatable bonds is 5. The van der Waals surface area contributed by atoms with Crippen LogP contribution in [0.3, 0.4) is 0 Å². The van der Waals surface area contributed by atoms with Gasteiger partial charge in [0.2, 0.25) is 5.91 Å². The maximum atomic E-state index is 12.3. The third kappa shape index (κ3) is 3.47. The highest BCUT2D eigenvalue weighted by molar-refractivity contribution is 5.94. The molecule has 0 radical (unpaired) electrons. The Kier molecular flexibility index (Phi) is 4.57. The number of hydrogen-bond acceptors (Lipinski definition) is 6. The van der Waals surface area contributed by atoms with E-state index in [1.54, 1.807) is 18.7 Å². The highest BCUT2D eigenvalue weighted by Crippen LogP contribution is 2.36. The average molecular weight is 404 g/mol. The van der Waals surface area contributed by atoms with E-state index in [-0.39, 0.29) is 11.9 Å². The minimum absolute atomic E-state index is 0.118. The molecule has 0 spiro atoms. The molecule has 1 aliphatic carbocycles. The quantitative estimate of drug-likeness (QED) is 0.405. The smallest absolute Gasteiger partial charge is 0.220 e. The number of carbonyl (C=O) groups excluding carboxylic acids is 1. The predicted octanol–water partition coefficient (Wildman–Crippen LogP) is 2.99. The van der Waals surface area contributed by atoms with E-state index in [1.165, 1.54) is 11.3 Å². The zero-order valence-electron chi connectivity index (χ0n) is 17.0. The lowest BCUT2D eigenvalue weighted by atomic mass is 9.84. The van der Waals surface area contributed by atoms with E-state index in [0.29, 0.717) is 12.3 Å². The highest BCUT2D eigenvalue weighted by atomic mass is 16.1. The lowest BCUT2D eigenvalue weighted by Gasteiger charge is -2.22. The summed E-state index contributed by atoms with van der Waals surface area (Å²) in [6.45, 7) is 3.98. The Morgan fingerprint density at radius 1 is 1.23 bits per heavy atom. The van der Waals surface area contributed by atoms with E-state index < -0.39 is 0 Å². The molecule has 1 atom stereocenters. The largest absolute Gasteiger partial charge is 0.354 e. The summed E-state index contributed by atoms with van der Waals surface area (Å²) in [5, 5.41) is 15.2. The van der Waals surface area contributed by atoms with Gasteiger partial charge in [0.25, 0.3) is 0 Å². The zero-order chi connectivity index (χ0) is 20.7. The van der Waals surface area contributed by atoms with Crippen LogP contribution in [-0.4, -0.2) is 42.1 Å². The van der Waals surface area contributed by atoms with E-state index in [0.717, 1.165) is 52.8 Å². The van der Waals surface area contributed by atoms with Crippen LogP contribution in [0.4, 0.5) is 11.5 Å². The van der Waals surface area contributed by atoms with Crippen molar-refractivity contribution in [1.82, 2.24) is 35.5 Å². The third-order valence-corrected chi connectivity index (χ3v) is 5.56. The van der Waals surface area contributed by atoms with Crippen LogP contribution in [0.15, 0.2) is 24.8 Å². The number of nitrogens with zero attached hydrogens (tertiary/aromatic N) is 4.